The Labute approximate surface area is 148 Å². The number of rotatable bonds is 4. The zero-order valence-corrected chi connectivity index (χ0v) is 15.2. The molecule has 0 bridgehead atoms. The number of hydrogen-bond donors (Lipinski definition) is 0. The lowest BCUT2D eigenvalue weighted by atomic mass is 10.2. The first-order valence-electron chi connectivity index (χ1n) is 7.37. The molecular weight excluding hydrogens is 371 g/mol. The molecule has 0 fully saturated rings. The van der Waals surface area contributed by atoms with Gasteiger partial charge in [-0.2, -0.15) is 28.2 Å². The van der Waals surface area contributed by atoms with E-state index in [2.05, 4.69) is 10.1 Å². The van der Waals surface area contributed by atoms with Crippen molar-refractivity contribution >= 4 is 15.7 Å². The van der Waals surface area contributed by atoms with Crippen molar-refractivity contribution in [1.82, 2.24) is 14.8 Å². The molecule has 26 heavy (non-hydrogen) atoms. The van der Waals surface area contributed by atoms with E-state index in [1.807, 2.05) is 0 Å². The maximum absolute atomic E-state index is 13.3. The summed E-state index contributed by atoms with van der Waals surface area (Å²) in [7, 11) is -1.98. The number of anilines is 1. The Morgan fingerprint density at radius 2 is 1.92 bits per heavy atom. The molecule has 11 heteroatoms. The lowest BCUT2D eigenvalue weighted by Gasteiger charge is -2.24. The number of nitriles is 1. The molecule has 0 unspecified atom stereocenters. The zero-order chi connectivity index (χ0) is 19.9. The molecule has 0 saturated heterocycles. The van der Waals surface area contributed by atoms with Crippen LogP contribution in [-0.4, -0.2) is 42.5 Å². The van der Waals surface area contributed by atoms with Gasteiger partial charge in [0.15, 0.2) is 27.2 Å². The second kappa shape index (κ2) is 6.60. The Morgan fingerprint density at radius 1 is 1.31 bits per heavy atom. The van der Waals surface area contributed by atoms with Gasteiger partial charge in [0.25, 0.3) is 0 Å². The van der Waals surface area contributed by atoms with Crippen molar-refractivity contribution in [3.63, 3.8) is 0 Å². The molecule has 0 amide bonds. The monoisotopic (exact) mass is 387 g/mol. The fourth-order valence-electron chi connectivity index (χ4n) is 2.16. The number of pyridine rings is 1. The molecule has 7 nitrogen and oxygen atoms in total. The minimum absolute atomic E-state index is 0.0353. The summed E-state index contributed by atoms with van der Waals surface area (Å²) in [6.45, 7) is 3.48. The van der Waals surface area contributed by atoms with Crippen LogP contribution in [-0.2, 0) is 16.0 Å². The van der Waals surface area contributed by atoms with Crippen LogP contribution in [0.15, 0.2) is 23.2 Å². The Hall–Kier alpha value is -2.61. The van der Waals surface area contributed by atoms with Crippen LogP contribution in [0.25, 0.3) is 5.82 Å². The van der Waals surface area contributed by atoms with Crippen molar-refractivity contribution in [2.24, 2.45) is 0 Å². The minimum atomic E-state index is -4.82. The van der Waals surface area contributed by atoms with Crippen molar-refractivity contribution < 1.29 is 21.6 Å². The minimum Gasteiger partial charge on any atom is -0.356 e. The maximum atomic E-state index is 13.3. The normalized spacial score (nSPS) is 12.3. The highest BCUT2D eigenvalue weighted by molar-refractivity contribution is 7.90. The Morgan fingerprint density at radius 3 is 2.31 bits per heavy atom. The Bertz CT molecular complexity index is 957. The summed E-state index contributed by atoms with van der Waals surface area (Å²) >= 11 is 0. The molecule has 0 aromatic carbocycles. The lowest BCUT2D eigenvalue weighted by Crippen LogP contribution is -2.28. The molecule has 2 aromatic rings. The van der Waals surface area contributed by atoms with Gasteiger partial charge >= 0.3 is 6.18 Å². The standard InChI is InChI=1S/C15H16F3N5O2S/c1-9(2)22(3)14-11(7-19)13(15(16,17)18)21-23(14)12-6-5-10(8-20-12)26(4,24)25/h5-6,8-9H,1-4H3. The predicted octanol–water partition coefficient (Wildman–Crippen LogP) is 2.41. The van der Waals surface area contributed by atoms with Crippen molar-refractivity contribution in [2.45, 2.75) is 31.0 Å². The number of sulfone groups is 1. The number of aromatic nitrogens is 3. The van der Waals surface area contributed by atoms with Gasteiger partial charge in [-0.1, -0.05) is 0 Å². The van der Waals surface area contributed by atoms with Crippen molar-refractivity contribution in [3.05, 3.63) is 29.6 Å². The van der Waals surface area contributed by atoms with E-state index in [1.165, 1.54) is 24.1 Å². The second-order valence-corrected chi connectivity index (χ2v) is 7.91. The van der Waals surface area contributed by atoms with Crippen LogP contribution in [0, 0.1) is 11.3 Å². The number of nitrogens with zero attached hydrogens (tertiary/aromatic N) is 5. The molecule has 0 aliphatic carbocycles. The van der Waals surface area contributed by atoms with E-state index < -0.39 is 27.3 Å². The van der Waals surface area contributed by atoms with Gasteiger partial charge in [0.05, 0.1) is 4.90 Å². The topological polar surface area (TPSA) is 91.9 Å². The van der Waals surface area contributed by atoms with Gasteiger partial charge in [-0.25, -0.2) is 13.4 Å². The van der Waals surface area contributed by atoms with Gasteiger partial charge in [0.2, 0.25) is 0 Å². The van der Waals surface area contributed by atoms with E-state index in [1.54, 1.807) is 19.9 Å². The van der Waals surface area contributed by atoms with Crippen LogP contribution in [0.2, 0.25) is 0 Å². The van der Waals surface area contributed by atoms with Crippen LogP contribution >= 0.6 is 0 Å². The summed E-state index contributed by atoms with van der Waals surface area (Å²) in [6, 6.07) is 3.79. The second-order valence-electron chi connectivity index (χ2n) is 5.90. The average Bonchev–Trinajstić information content (AvgIpc) is 2.92. The maximum Gasteiger partial charge on any atom is 0.436 e. The summed E-state index contributed by atoms with van der Waals surface area (Å²) in [5.41, 5.74) is -1.95. The number of alkyl halides is 3. The molecule has 0 aliphatic heterocycles. The third kappa shape index (κ3) is 3.65. The van der Waals surface area contributed by atoms with Gasteiger partial charge in [-0.05, 0) is 26.0 Å². The molecule has 0 atom stereocenters. The van der Waals surface area contributed by atoms with E-state index >= 15 is 0 Å². The first-order chi connectivity index (χ1) is 11.9. The molecule has 140 valence electrons. The van der Waals surface area contributed by atoms with Crippen LogP contribution in [0.1, 0.15) is 25.1 Å². The molecule has 2 rings (SSSR count). The molecule has 0 N–H and O–H groups in total. The van der Waals surface area contributed by atoms with Crippen molar-refractivity contribution in [1.29, 1.82) is 5.26 Å². The molecule has 0 spiro atoms. The molecule has 0 radical (unpaired) electrons. The summed E-state index contributed by atoms with van der Waals surface area (Å²) < 4.78 is 63.8. The van der Waals surface area contributed by atoms with Crippen LogP contribution in [0.5, 0.6) is 0 Å². The Balaban J connectivity index is 2.75. The predicted molar refractivity (Wildman–Crippen MR) is 87.7 cm³/mol. The van der Waals surface area contributed by atoms with Gasteiger partial charge < -0.3 is 4.90 Å². The van der Waals surface area contributed by atoms with E-state index in [0.29, 0.717) is 0 Å². The average molecular weight is 387 g/mol. The third-order valence-corrected chi connectivity index (χ3v) is 4.81. The van der Waals surface area contributed by atoms with Gasteiger partial charge in [-0.3, -0.25) is 0 Å². The summed E-state index contributed by atoms with van der Waals surface area (Å²) in [4.78, 5) is 5.29. The quantitative estimate of drug-likeness (QED) is 0.800. The van der Waals surface area contributed by atoms with Crippen molar-refractivity contribution in [3.8, 4) is 11.9 Å². The fraction of sp³-hybridized carbons (Fsp3) is 0.400. The highest BCUT2D eigenvalue weighted by Crippen LogP contribution is 2.36. The first-order valence-corrected chi connectivity index (χ1v) is 9.26. The highest BCUT2D eigenvalue weighted by Gasteiger charge is 2.41. The molecular formula is C15H16F3N5O2S. The summed E-state index contributed by atoms with van der Waals surface area (Å²) in [5, 5.41) is 12.8. The lowest BCUT2D eigenvalue weighted by molar-refractivity contribution is -0.141. The zero-order valence-electron chi connectivity index (χ0n) is 14.4. The number of halogens is 3. The molecule has 2 heterocycles. The van der Waals surface area contributed by atoms with Gasteiger partial charge in [-0.15, -0.1) is 0 Å². The summed E-state index contributed by atoms with van der Waals surface area (Å²) in [5.74, 6) is -0.110. The van der Waals surface area contributed by atoms with Crippen LogP contribution < -0.4 is 4.90 Å². The van der Waals surface area contributed by atoms with Crippen LogP contribution in [0.4, 0.5) is 19.0 Å². The van der Waals surface area contributed by atoms with Crippen LogP contribution in [0.3, 0.4) is 0 Å². The van der Waals surface area contributed by atoms with E-state index in [4.69, 9.17) is 0 Å². The first kappa shape index (κ1) is 19.7. The van der Waals surface area contributed by atoms with Gasteiger partial charge in [0.1, 0.15) is 11.6 Å². The SMILES string of the molecule is CC(C)N(C)c1c(C#N)c(C(F)(F)F)nn1-c1ccc(S(C)(=O)=O)cn1. The molecule has 0 saturated carbocycles. The third-order valence-electron chi connectivity index (χ3n) is 3.72. The Kier molecular flexibility index (Phi) is 5.01. The van der Waals surface area contributed by atoms with E-state index in [9.17, 15) is 26.9 Å². The summed E-state index contributed by atoms with van der Waals surface area (Å²) in [6.07, 6.45) is -2.80. The smallest absolute Gasteiger partial charge is 0.356 e. The van der Waals surface area contributed by atoms with Crippen molar-refractivity contribution in [2.75, 3.05) is 18.2 Å². The van der Waals surface area contributed by atoms with E-state index in [0.717, 1.165) is 17.1 Å². The van der Waals surface area contributed by atoms with Gasteiger partial charge in [0, 0.05) is 25.5 Å². The molecule has 0 aliphatic rings. The van der Waals surface area contributed by atoms with E-state index in [-0.39, 0.29) is 22.6 Å². The fourth-order valence-corrected chi connectivity index (χ4v) is 2.72. The highest BCUT2D eigenvalue weighted by atomic mass is 32.2. The molecule has 2 aromatic heterocycles. The number of hydrogen-bond acceptors (Lipinski definition) is 6. The largest absolute Gasteiger partial charge is 0.436 e.